The minimum atomic E-state index is -0.144. The lowest BCUT2D eigenvalue weighted by Gasteiger charge is -2.37. The van der Waals surface area contributed by atoms with Crippen LogP contribution in [0.2, 0.25) is 5.02 Å². The molecule has 2 N–H and O–H groups in total. The molecule has 6 nitrogen and oxygen atoms in total. The van der Waals surface area contributed by atoms with Crippen molar-refractivity contribution in [2.75, 3.05) is 31.1 Å². The highest BCUT2D eigenvalue weighted by atomic mass is 35.5. The molecule has 0 amide bonds. The van der Waals surface area contributed by atoms with Crippen molar-refractivity contribution in [3.63, 3.8) is 0 Å². The second kappa shape index (κ2) is 7.92. The van der Waals surface area contributed by atoms with Gasteiger partial charge in [0.15, 0.2) is 0 Å². The van der Waals surface area contributed by atoms with Gasteiger partial charge in [0, 0.05) is 36.9 Å². The summed E-state index contributed by atoms with van der Waals surface area (Å²) in [5.41, 5.74) is 7.12. The number of allylic oxidation sites excluding steroid dienone is 3. The van der Waals surface area contributed by atoms with Gasteiger partial charge in [-0.15, -0.1) is 0 Å². The van der Waals surface area contributed by atoms with Gasteiger partial charge in [0.05, 0.1) is 5.57 Å². The van der Waals surface area contributed by atoms with Crippen LogP contribution in [0.4, 0.5) is 5.69 Å². The molecule has 1 heterocycles. The van der Waals surface area contributed by atoms with Crippen molar-refractivity contribution < 1.29 is 0 Å². The number of halogens is 1. The topological polar surface area (TPSA) is 104 Å². The van der Waals surface area contributed by atoms with Gasteiger partial charge in [0.2, 0.25) is 0 Å². The molecule has 0 aromatic heterocycles. The highest BCUT2D eigenvalue weighted by Crippen LogP contribution is 2.20. The number of rotatable bonds is 3. The van der Waals surface area contributed by atoms with Crippen LogP contribution in [0, 0.1) is 34.0 Å². The Hall–Kier alpha value is -3.14. The van der Waals surface area contributed by atoms with Gasteiger partial charge in [0.25, 0.3) is 0 Å². The Morgan fingerprint density at radius 2 is 1.58 bits per heavy atom. The van der Waals surface area contributed by atoms with Crippen molar-refractivity contribution in [1.29, 1.82) is 15.8 Å². The van der Waals surface area contributed by atoms with E-state index in [1.807, 2.05) is 35.2 Å². The molecule has 1 fully saturated rings. The fourth-order valence-electron chi connectivity index (χ4n) is 2.43. The first-order valence-corrected chi connectivity index (χ1v) is 7.64. The highest BCUT2D eigenvalue weighted by Gasteiger charge is 2.19. The van der Waals surface area contributed by atoms with Gasteiger partial charge >= 0.3 is 0 Å². The molecule has 24 heavy (non-hydrogen) atoms. The zero-order valence-corrected chi connectivity index (χ0v) is 13.7. The van der Waals surface area contributed by atoms with Crippen LogP contribution in [0.1, 0.15) is 0 Å². The van der Waals surface area contributed by atoms with Crippen LogP contribution in [0.5, 0.6) is 0 Å². The zero-order chi connectivity index (χ0) is 17.5. The molecule has 1 aromatic rings. The van der Waals surface area contributed by atoms with Crippen molar-refractivity contribution >= 4 is 17.3 Å². The normalized spacial score (nSPS) is 14.8. The minimum Gasteiger partial charge on any atom is -0.384 e. The third-order valence-electron chi connectivity index (χ3n) is 3.74. The lowest BCUT2D eigenvalue weighted by molar-refractivity contribution is 0.317. The summed E-state index contributed by atoms with van der Waals surface area (Å²) in [4.78, 5) is 4.09. The van der Waals surface area contributed by atoms with E-state index in [1.165, 1.54) is 6.08 Å². The predicted molar refractivity (Wildman–Crippen MR) is 91.4 cm³/mol. The predicted octanol–water partition coefficient (Wildman–Crippen LogP) is 2.13. The van der Waals surface area contributed by atoms with Crippen molar-refractivity contribution in [2.45, 2.75) is 0 Å². The van der Waals surface area contributed by atoms with Crippen LogP contribution in [0.3, 0.4) is 0 Å². The van der Waals surface area contributed by atoms with Crippen LogP contribution in [-0.2, 0) is 0 Å². The van der Waals surface area contributed by atoms with Crippen LogP contribution in [0.25, 0.3) is 0 Å². The Labute approximate surface area is 145 Å². The van der Waals surface area contributed by atoms with E-state index in [0.717, 1.165) is 18.8 Å². The number of hydrogen-bond donors (Lipinski definition) is 1. The molecule has 0 atom stereocenters. The monoisotopic (exact) mass is 338 g/mol. The maximum Gasteiger partial charge on any atom is 0.131 e. The quantitative estimate of drug-likeness (QED) is 0.668. The van der Waals surface area contributed by atoms with E-state index in [-0.39, 0.29) is 17.0 Å². The van der Waals surface area contributed by atoms with Gasteiger partial charge in [0.1, 0.15) is 29.6 Å². The van der Waals surface area contributed by atoms with Gasteiger partial charge in [-0.25, -0.2) is 0 Å². The fourth-order valence-corrected chi connectivity index (χ4v) is 2.55. The average molecular weight is 339 g/mol. The third-order valence-corrected chi connectivity index (χ3v) is 3.99. The molecule has 1 aromatic carbocycles. The molecule has 0 unspecified atom stereocenters. The standard InChI is InChI=1S/C17H15ClN6/c18-15-1-3-16(4-2-15)23-5-7-24(8-6-23)17(22)14(12-21)9-13(10-19)11-20/h1-4,9H,5-8,22H2/b17-14-. The van der Waals surface area contributed by atoms with E-state index in [2.05, 4.69) is 4.90 Å². The zero-order valence-electron chi connectivity index (χ0n) is 12.9. The lowest BCUT2D eigenvalue weighted by atomic mass is 10.1. The Morgan fingerprint density at radius 3 is 2.08 bits per heavy atom. The van der Waals surface area contributed by atoms with E-state index in [9.17, 15) is 5.26 Å². The number of nitriles is 3. The largest absolute Gasteiger partial charge is 0.384 e. The van der Waals surface area contributed by atoms with Crippen LogP contribution in [0.15, 0.2) is 47.3 Å². The van der Waals surface area contributed by atoms with Crippen LogP contribution in [-0.4, -0.2) is 31.1 Å². The van der Waals surface area contributed by atoms with Crippen LogP contribution < -0.4 is 10.6 Å². The van der Waals surface area contributed by atoms with Gasteiger partial charge < -0.3 is 15.5 Å². The maximum atomic E-state index is 9.22. The van der Waals surface area contributed by atoms with Crippen molar-refractivity contribution in [3.8, 4) is 18.2 Å². The molecule has 0 spiro atoms. The van der Waals surface area contributed by atoms with Crippen LogP contribution >= 0.6 is 11.6 Å². The second-order valence-electron chi connectivity index (χ2n) is 5.14. The first kappa shape index (κ1) is 17.2. The van der Waals surface area contributed by atoms with Gasteiger partial charge in [-0.2, -0.15) is 15.8 Å². The van der Waals surface area contributed by atoms with Gasteiger partial charge in [-0.3, -0.25) is 0 Å². The summed E-state index contributed by atoms with van der Waals surface area (Å²) in [6.45, 7) is 2.77. The molecule has 0 radical (unpaired) electrons. The molecule has 1 aliphatic rings. The van der Waals surface area contributed by atoms with E-state index in [1.54, 1.807) is 12.1 Å². The number of hydrogen-bond acceptors (Lipinski definition) is 6. The smallest absolute Gasteiger partial charge is 0.131 e. The summed E-state index contributed by atoms with van der Waals surface area (Å²) in [6.07, 6.45) is 1.22. The van der Waals surface area contributed by atoms with Crippen molar-refractivity contribution in [2.24, 2.45) is 5.73 Å². The van der Waals surface area contributed by atoms with Gasteiger partial charge in [-0.1, -0.05) is 11.6 Å². The van der Waals surface area contributed by atoms with Gasteiger partial charge in [-0.05, 0) is 30.3 Å². The molecule has 2 rings (SSSR count). The summed E-state index contributed by atoms with van der Waals surface area (Å²) in [7, 11) is 0. The molecule has 1 aliphatic heterocycles. The molecule has 0 bridgehead atoms. The molecular formula is C17H15ClN6. The fraction of sp³-hybridized carbons (Fsp3) is 0.235. The van der Waals surface area contributed by atoms with E-state index >= 15 is 0 Å². The number of anilines is 1. The number of nitrogens with two attached hydrogens (primary N) is 1. The molecule has 120 valence electrons. The SMILES string of the molecule is N#CC(C#N)=C/C(C#N)=C(\N)N1CCN(c2ccc(Cl)cc2)CC1. The summed E-state index contributed by atoms with van der Waals surface area (Å²) in [6, 6.07) is 13.0. The van der Waals surface area contributed by atoms with Crippen molar-refractivity contribution in [1.82, 2.24) is 4.90 Å². The molecule has 0 aliphatic carbocycles. The summed E-state index contributed by atoms with van der Waals surface area (Å²) >= 11 is 5.90. The minimum absolute atomic E-state index is 0.132. The number of nitrogens with zero attached hydrogens (tertiary/aromatic N) is 5. The molecule has 0 saturated carbocycles. The maximum absolute atomic E-state index is 9.22. The summed E-state index contributed by atoms with van der Waals surface area (Å²) in [5, 5.41) is 27.5. The molecular weight excluding hydrogens is 324 g/mol. The highest BCUT2D eigenvalue weighted by molar-refractivity contribution is 6.30. The Balaban J connectivity index is 2.11. The van der Waals surface area contributed by atoms with E-state index in [0.29, 0.717) is 18.1 Å². The van der Waals surface area contributed by atoms with E-state index < -0.39 is 0 Å². The second-order valence-corrected chi connectivity index (χ2v) is 5.58. The van der Waals surface area contributed by atoms with E-state index in [4.69, 9.17) is 27.9 Å². The first-order valence-electron chi connectivity index (χ1n) is 7.26. The molecule has 1 saturated heterocycles. The lowest BCUT2D eigenvalue weighted by Crippen LogP contribution is -2.47. The average Bonchev–Trinajstić information content (AvgIpc) is 2.63. The summed E-state index contributed by atoms with van der Waals surface area (Å²) in [5.74, 6) is 0.288. The Morgan fingerprint density at radius 1 is 1.00 bits per heavy atom. The van der Waals surface area contributed by atoms with Crippen molar-refractivity contribution in [3.05, 3.63) is 52.3 Å². The first-order chi connectivity index (χ1) is 11.6. The Bertz CT molecular complexity index is 764. The number of benzene rings is 1. The number of piperazine rings is 1. The molecule has 7 heteroatoms. The summed E-state index contributed by atoms with van der Waals surface area (Å²) < 4.78 is 0. The Kier molecular flexibility index (Phi) is 5.68. The third kappa shape index (κ3) is 3.98.